The van der Waals surface area contributed by atoms with Crippen molar-refractivity contribution in [2.75, 3.05) is 11.5 Å². The molecule has 1 aromatic carbocycles. The summed E-state index contributed by atoms with van der Waals surface area (Å²) in [5.74, 6) is 4.19. The van der Waals surface area contributed by atoms with Crippen LogP contribution in [0.1, 0.15) is 6.42 Å². The van der Waals surface area contributed by atoms with E-state index in [0.717, 1.165) is 28.6 Å². The summed E-state index contributed by atoms with van der Waals surface area (Å²) in [7, 11) is 0. The second-order valence-corrected chi connectivity index (χ2v) is 6.10. The van der Waals surface area contributed by atoms with Crippen molar-refractivity contribution in [2.24, 2.45) is 5.92 Å². The Balaban J connectivity index is 1.93. The first kappa shape index (κ1) is 12.0. The third-order valence-corrected chi connectivity index (χ3v) is 4.80. The van der Waals surface area contributed by atoms with E-state index in [4.69, 9.17) is 12.2 Å². The summed E-state index contributed by atoms with van der Waals surface area (Å²) in [6, 6.07) is 10.2. The van der Waals surface area contributed by atoms with E-state index < -0.39 is 0 Å². The summed E-state index contributed by atoms with van der Waals surface area (Å²) < 4.78 is 2.87. The zero-order valence-corrected chi connectivity index (χ0v) is 11.6. The molecule has 0 bridgehead atoms. The number of H-pyrrole nitrogens is 1. The second-order valence-electron chi connectivity index (χ2n) is 4.56. The van der Waals surface area contributed by atoms with E-state index in [2.05, 4.69) is 26.9 Å². The molecular weight excluding hydrogens is 262 g/mol. The molecule has 0 spiro atoms. The van der Waals surface area contributed by atoms with Crippen molar-refractivity contribution in [3.63, 3.8) is 0 Å². The summed E-state index contributed by atoms with van der Waals surface area (Å²) in [5, 5.41) is 7.29. The lowest BCUT2D eigenvalue weighted by molar-refractivity contribution is 0.491. The van der Waals surface area contributed by atoms with Gasteiger partial charge < -0.3 is 0 Å². The topological polar surface area (TPSA) is 33.6 Å². The van der Waals surface area contributed by atoms with E-state index in [1.807, 2.05) is 30.0 Å². The summed E-state index contributed by atoms with van der Waals surface area (Å²) >= 11 is 7.38. The molecule has 5 heteroatoms. The zero-order chi connectivity index (χ0) is 12.4. The Hall–Kier alpha value is -1.07. The van der Waals surface area contributed by atoms with Crippen LogP contribution in [0.3, 0.4) is 0 Å². The van der Waals surface area contributed by atoms with Crippen molar-refractivity contribution >= 4 is 24.0 Å². The lowest BCUT2D eigenvalue weighted by Gasteiger charge is -2.11. The second kappa shape index (κ2) is 5.28. The van der Waals surface area contributed by atoms with Crippen molar-refractivity contribution in [3.05, 3.63) is 35.1 Å². The number of hydrogen-bond acceptors (Lipinski definition) is 3. The molecule has 1 aromatic heterocycles. The Bertz CT molecular complexity index is 567. The number of benzene rings is 1. The highest BCUT2D eigenvalue weighted by molar-refractivity contribution is 7.99. The van der Waals surface area contributed by atoms with E-state index in [-0.39, 0.29) is 0 Å². The van der Waals surface area contributed by atoms with Gasteiger partial charge in [-0.15, -0.1) is 0 Å². The summed E-state index contributed by atoms with van der Waals surface area (Å²) in [6.07, 6.45) is 1.28. The number of nitrogens with one attached hydrogen (secondary N) is 1. The van der Waals surface area contributed by atoms with Crippen LogP contribution in [-0.4, -0.2) is 26.3 Å². The molecule has 0 amide bonds. The maximum atomic E-state index is 5.35. The number of thioether (sulfide) groups is 1. The third-order valence-electron chi connectivity index (χ3n) is 3.26. The first-order valence-corrected chi connectivity index (χ1v) is 7.69. The Morgan fingerprint density at radius 2 is 2.22 bits per heavy atom. The quantitative estimate of drug-likeness (QED) is 0.873. The largest absolute Gasteiger partial charge is 0.300 e. The van der Waals surface area contributed by atoms with Gasteiger partial charge in [-0.2, -0.15) is 16.9 Å². The number of nitrogens with zero attached hydrogens (tertiary/aromatic N) is 2. The molecule has 1 aliphatic heterocycles. The van der Waals surface area contributed by atoms with Gasteiger partial charge in [0.25, 0.3) is 0 Å². The predicted molar refractivity (Wildman–Crippen MR) is 78.3 cm³/mol. The smallest absolute Gasteiger partial charge is 0.195 e. The molecular formula is C13H15N3S2. The molecule has 1 fully saturated rings. The highest BCUT2D eigenvalue weighted by Crippen LogP contribution is 2.26. The minimum absolute atomic E-state index is 0.724. The monoisotopic (exact) mass is 277 g/mol. The van der Waals surface area contributed by atoms with Crippen LogP contribution in [0.5, 0.6) is 0 Å². The standard InChI is InChI=1S/C13H15N3S2/c17-13-15-14-12(11-4-2-1-3-5-11)16(13)8-10-6-7-18-9-10/h1-5,10H,6-9H2,(H,15,17). The predicted octanol–water partition coefficient (Wildman–Crippen LogP) is 3.36. The molecule has 1 unspecified atom stereocenters. The summed E-state index contributed by atoms with van der Waals surface area (Å²) in [5.41, 5.74) is 1.12. The molecule has 3 nitrogen and oxygen atoms in total. The molecule has 0 saturated carbocycles. The van der Waals surface area contributed by atoms with Crippen molar-refractivity contribution in [1.82, 2.24) is 14.8 Å². The van der Waals surface area contributed by atoms with Gasteiger partial charge in [-0.25, -0.2) is 0 Å². The van der Waals surface area contributed by atoms with Gasteiger partial charge in [0.15, 0.2) is 10.6 Å². The molecule has 0 radical (unpaired) electrons. The molecule has 2 aromatic rings. The number of hydrogen-bond donors (Lipinski definition) is 1. The van der Waals surface area contributed by atoms with Crippen LogP contribution in [0.15, 0.2) is 30.3 Å². The van der Waals surface area contributed by atoms with Gasteiger partial charge in [-0.05, 0) is 36.1 Å². The molecule has 1 atom stereocenters. The minimum Gasteiger partial charge on any atom is -0.300 e. The van der Waals surface area contributed by atoms with Crippen LogP contribution >= 0.6 is 24.0 Å². The van der Waals surface area contributed by atoms with E-state index in [1.165, 1.54) is 17.9 Å². The lowest BCUT2D eigenvalue weighted by Crippen LogP contribution is -2.11. The van der Waals surface area contributed by atoms with Crippen LogP contribution in [0.4, 0.5) is 0 Å². The zero-order valence-electron chi connectivity index (χ0n) is 10.0. The first-order valence-electron chi connectivity index (χ1n) is 6.13. The van der Waals surface area contributed by atoms with Crippen molar-refractivity contribution in [2.45, 2.75) is 13.0 Å². The molecule has 3 rings (SSSR count). The molecule has 18 heavy (non-hydrogen) atoms. The number of aromatic nitrogens is 3. The average Bonchev–Trinajstić information content (AvgIpc) is 3.03. The van der Waals surface area contributed by atoms with E-state index >= 15 is 0 Å². The van der Waals surface area contributed by atoms with E-state index in [9.17, 15) is 0 Å². The normalized spacial score (nSPS) is 19.2. The number of rotatable bonds is 3. The molecule has 2 heterocycles. The van der Waals surface area contributed by atoms with Crippen molar-refractivity contribution < 1.29 is 0 Å². The van der Waals surface area contributed by atoms with Gasteiger partial charge >= 0.3 is 0 Å². The molecule has 0 aliphatic carbocycles. The van der Waals surface area contributed by atoms with Crippen LogP contribution < -0.4 is 0 Å². The van der Waals surface area contributed by atoms with Gasteiger partial charge in [0.05, 0.1) is 0 Å². The van der Waals surface area contributed by atoms with Gasteiger partial charge in [-0.3, -0.25) is 9.67 Å². The highest BCUT2D eigenvalue weighted by atomic mass is 32.2. The first-order chi connectivity index (χ1) is 8.84. The van der Waals surface area contributed by atoms with Crippen molar-refractivity contribution in [3.8, 4) is 11.4 Å². The SMILES string of the molecule is S=c1[nH]nc(-c2ccccc2)n1CC1CCSC1. The average molecular weight is 277 g/mol. The third kappa shape index (κ3) is 2.37. The highest BCUT2D eigenvalue weighted by Gasteiger charge is 2.18. The van der Waals surface area contributed by atoms with Crippen LogP contribution in [-0.2, 0) is 6.54 Å². The van der Waals surface area contributed by atoms with Crippen LogP contribution in [0, 0.1) is 10.7 Å². The molecule has 1 saturated heterocycles. The number of aromatic amines is 1. The Kier molecular flexibility index (Phi) is 3.52. The minimum atomic E-state index is 0.724. The Morgan fingerprint density at radius 1 is 1.39 bits per heavy atom. The lowest BCUT2D eigenvalue weighted by atomic mass is 10.1. The van der Waals surface area contributed by atoms with Gasteiger partial charge in [0.1, 0.15) is 0 Å². The Morgan fingerprint density at radius 3 is 2.94 bits per heavy atom. The van der Waals surface area contributed by atoms with Gasteiger partial charge in [0.2, 0.25) is 0 Å². The van der Waals surface area contributed by atoms with E-state index in [1.54, 1.807) is 0 Å². The fourth-order valence-electron chi connectivity index (χ4n) is 2.28. The summed E-state index contributed by atoms with van der Waals surface area (Å²) in [6.45, 7) is 0.979. The van der Waals surface area contributed by atoms with Gasteiger partial charge in [-0.1, -0.05) is 30.3 Å². The molecule has 94 valence electrons. The van der Waals surface area contributed by atoms with Crippen LogP contribution in [0.25, 0.3) is 11.4 Å². The molecule has 1 N–H and O–H groups in total. The Labute approximate surface area is 116 Å². The van der Waals surface area contributed by atoms with Crippen molar-refractivity contribution in [1.29, 1.82) is 0 Å². The fraction of sp³-hybridized carbons (Fsp3) is 0.385. The molecule has 1 aliphatic rings. The summed E-state index contributed by atoms with van der Waals surface area (Å²) in [4.78, 5) is 0. The van der Waals surface area contributed by atoms with Crippen LogP contribution in [0.2, 0.25) is 0 Å². The maximum absolute atomic E-state index is 5.35. The maximum Gasteiger partial charge on any atom is 0.195 e. The van der Waals surface area contributed by atoms with Gasteiger partial charge in [0, 0.05) is 12.1 Å². The fourth-order valence-corrected chi connectivity index (χ4v) is 3.76. The van der Waals surface area contributed by atoms with E-state index in [0.29, 0.717) is 0 Å².